The minimum atomic E-state index is -1.27. The van der Waals surface area contributed by atoms with E-state index < -0.39 is 107 Å². The van der Waals surface area contributed by atoms with E-state index in [1.165, 1.54) is 57.6 Å². The Hall–Kier alpha value is -7.24. The van der Waals surface area contributed by atoms with Gasteiger partial charge in [0.2, 0.25) is 53.2 Å². The van der Waals surface area contributed by atoms with E-state index in [2.05, 4.69) is 67.5 Å². The van der Waals surface area contributed by atoms with E-state index in [1.807, 2.05) is 44.4 Å². The number of carbonyl (C=O) groups is 9. The second kappa shape index (κ2) is 27.2. The minimum absolute atomic E-state index is 0.00210. The van der Waals surface area contributed by atoms with Crippen molar-refractivity contribution in [3.05, 3.63) is 72.5 Å². The fourth-order valence-corrected chi connectivity index (χ4v) is 8.00. The Morgan fingerprint density at radius 1 is 0.592 bits per heavy atom. The third-order valence-electron chi connectivity index (χ3n) is 11.4. The summed E-state index contributed by atoms with van der Waals surface area (Å²) in [5.41, 5.74) is 8.08. The SMILES string of the molecule is CSCC[C@H](NC(=O)[C@H](CC(C)C)NC(=O)[C@H](Cc1cnc[nH]1)NC(=O)[C@H](C)NC(=O)[C@@H](NC(=O)[C@H](C)NC(=O)[C@H](Cc1c[nH]c2ccccc12)NC(=O)[C@H](Cc1cnc[nH]1)NC(C)=O)C(C)C)C(N)=O. The Morgan fingerprint density at radius 2 is 1.08 bits per heavy atom. The second-order valence-corrected chi connectivity index (χ2v) is 19.1. The van der Waals surface area contributed by atoms with E-state index in [9.17, 15) is 43.2 Å². The number of nitrogens with one attached hydrogen (secondary N) is 11. The van der Waals surface area contributed by atoms with Gasteiger partial charge in [0.05, 0.1) is 12.7 Å². The Morgan fingerprint density at radius 3 is 1.62 bits per heavy atom. The zero-order chi connectivity index (χ0) is 52.4. The van der Waals surface area contributed by atoms with Gasteiger partial charge in [-0.05, 0) is 62.2 Å². The number of benzene rings is 1. The molecule has 4 aromatic rings. The zero-order valence-corrected chi connectivity index (χ0v) is 42.1. The van der Waals surface area contributed by atoms with E-state index in [4.69, 9.17) is 5.73 Å². The molecule has 0 saturated carbocycles. The number of nitrogens with two attached hydrogens (primary N) is 1. The van der Waals surface area contributed by atoms with Crippen LogP contribution in [0.5, 0.6) is 0 Å². The van der Waals surface area contributed by atoms with Gasteiger partial charge in [-0.2, -0.15) is 11.8 Å². The summed E-state index contributed by atoms with van der Waals surface area (Å²) in [4.78, 5) is 138. The molecule has 386 valence electrons. The monoisotopic (exact) mass is 1000 g/mol. The van der Waals surface area contributed by atoms with Gasteiger partial charge in [0, 0.05) is 67.1 Å². The summed E-state index contributed by atoms with van der Waals surface area (Å²) < 4.78 is 0. The third kappa shape index (κ3) is 17.6. The molecule has 0 spiro atoms. The van der Waals surface area contributed by atoms with Crippen LogP contribution in [0, 0.1) is 11.8 Å². The first-order valence-electron chi connectivity index (χ1n) is 23.3. The normalized spacial score (nSPS) is 14.7. The maximum absolute atomic E-state index is 14.1. The number of H-pyrrole nitrogens is 3. The first kappa shape index (κ1) is 56.3. The van der Waals surface area contributed by atoms with E-state index in [-0.39, 0.29) is 38.0 Å². The number of aromatic nitrogens is 5. The van der Waals surface area contributed by atoms with Crippen molar-refractivity contribution in [2.45, 2.75) is 129 Å². The van der Waals surface area contributed by atoms with Gasteiger partial charge in [-0.15, -0.1) is 0 Å². The fraction of sp³-hybridized carbons (Fsp3) is 0.511. The van der Waals surface area contributed by atoms with Gasteiger partial charge in [0.25, 0.3) is 0 Å². The largest absolute Gasteiger partial charge is 0.368 e. The molecule has 13 N–H and O–H groups in total. The number of nitrogens with zero attached hydrogens (tertiary/aromatic N) is 2. The number of hydrogen-bond acceptors (Lipinski definition) is 12. The average molecular weight is 1010 g/mol. The number of fused-ring (bicyclic) bond motifs is 1. The lowest BCUT2D eigenvalue weighted by Gasteiger charge is -2.28. The summed E-state index contributed by atoms with van der Waals surface area (Å²) in [6.07, 6.45) is 9.82. The summed E-state index contributed by atoms with van der Waals surface area (Å²) in [7, 11) is 0. The predicted molar refractivity (Wildman–Crippen MR) is 266 cm³/mol. The van der Waals surface area contributed by atoms with Crippen LogP contribution < -0.4 is 48.3 Å². The van der Waals surface area contributed by atoms with E-state index in [0.29, 0.717) is 22.7 Å². The van der Waals surface area contributed by atoms with Crippen molar-refractivity contribution < 1.29 is 43.2 Å². The van der Waals surface area contributed by atoms with Crippen LogP contribution in [0.3, 0.4) is 0 Å². The number of rotatable bonds is 28. The van der Waals surface area contributed by atoms with E-state index >= 15 is 0 Å². The number of hydrogen-bond donors (Lipinski definition) is 12. The average Bonchev–Trinajstić information content (AvgIpc) is 4.11. The van der Waals surface area contributed by atoms with Gasteiger partial charge >= 0.3 is 0 Å². The van der Waals surface area contributed by atoms with Crippen LogP contribution in [-0.4, -0.2) is 138 Å². The summed E-state index contributed by atoms with van der Waals surface area (Å²) in [5, 5.41) is 22.1. The molecule has 0 aliphatic carbocycles. The van der Waals surface area contributed by atoms with Crippen LogP contribution in [0.4, 0.5) is 0 Å². The number of carbonyl (C=O) groups excluding carboxylic acids is 9. The van der Waals surface area contributed by atoms with Gasteiger partial charge in [-0.25, -0.2) is 9.97 Å². The highest BCUT2D eigenvalue weighted by Gasteiger charge is 2.34. The number of imidazole rings is 2. The second-order valence-electron chi connectivity index (χ2n) is 18.1. The molecule has 0 radical (unpaired) electrons. The van der Waals surface area contributed by atoms with Crippen LogP contribution in [0.1, 0.15) is 78.3 Å². The molecule has 1 aromatic carbocycles. The van der Waals surface area contributed by atoms with Crippen molar-refractivity contribution >= 4 is 75.8 Å². The number of para-hydroxylation sites is 1. The van der Waals surface area contributed by atoms with Crippen molar-refractivity contribution in [2.75, 3.05) is 12.0 Å². The van der Waals surface area contributed by atoms with Gasteiger partial charge < -0.3 is 63.2 Å². The van der Waals surface area contributed by atoms with Gasteiger partial charge in [-0.1, -0.05) is 45.9 Å². The maximum atomic E-state index is 14.1. The quantitative estimate of drug-likeness (QED) is 0.0344. The van der Waals surface area contributed by atoms with Crippen LogP contribution in [0.2, 0.25) is 0 Å². The highest BCUT2D eigenvalue weighted by Crippen LogP contribution is 2.20. The molecule has 0 aliphatic rings. The maximum Gasteiger partial charge on any atom is 0.243 e. The lowest BCUT2D eigenvalue weighted by molar-refractivity contribution is -0.136. The molecule has 0 unspecified atom stereocenters. The summed E-state index contributed by atoms with van der Waals surface area (Å²) in [5.74, 6) is -6.22. The topological polar surface area (TPSA) is 349 Å². The highest BCUT2D eigenvalue weighted by atomic mass is 32.2. The first-order chi connectivity index (χ1) is 33.7. The lowest BCUT2D eigenvalue weighted by atomic mass is 10.0. The molecule has 3 aromatic heterocycles. The van der Waals surface area contributed by atoms with Crippen molar-refractivity contribution in [1.29, 1.82) is 0 Å². The van der Waals surface area contributed by atoms with Gasteiger partial charge in [-0.3, -0.25) is 43.2 Å². The Kier molecular flexibility index (Phi) is 21.6. The Balaban J connectivity index is 1.45. The standard InChI is InChI=1S/C47H68N14O9S/c1-24(2)15-35(44(67)57-34(40(48)63)13-14-71-8)59-46(69)38(18-31-21-50-23-53-31)58-41(64)26(5)55-47(70)39(25(3)4)61-42(65)27(6)54-43(66)36(16-29-19-51-33-12-10-9-11-32(29)33)60-45(68)37(56-28(7)62)17-30-20-49-22-52-30/h9-12,19-27,34-39,51H,13-18H2,1-8H3,(H2,48,63)(H,49,52)(H,50,53)(H,54,66)(H,55,70)(H,56,62)(H,57,67)(H,58,64)(H,59,69)(H,60,68)(H,61,65)/t26-,27-,34-,35-,36-,37-,38-,39-/m0/s1. The number of thioether (sulfide) groups is 1. The molecule has 0 bridgehead atoms. The van der Waals surface area contributed by atoms with E-state index in [1.54, 1.807) is 20.0 Å². The Bertz CT molecular complexity index is 2440. The molecular formula is C47H68N14O9S. The molecule has 0 saturated heterocycles. The van der Waals surface area contributed by atoms with Crippen LogP contribution in [0.25, 0.3) is 10.9 Å². The van der Waals surface area contributed by atoms with Crippen molar-refractivity contribution in [2.24, 2.45) is 17.6 Å². The molecule has 3 heterocycles. The Labute approximate surface area is 416 Å². The minimum Gasteiger partial charge on any atom is -0.368 e. The van der Waals surface area contributed by atoms with Crippen molar-refractivity contribution in [1.82, 2.24) is 67.5 Å². The highest BCUT2D eigenvalue weighted by molar-refractivity contribution is 7.98. The van der Waals surface area contributed by atoms with Gasteiger partial charge in [0.15, 0.2) is 0 Å². The zero-order valence-electron chi connectivity index (χ0n) is 41.3. The van der Waals surface area contributed by atoms with E-state index in [0.717, 1.165) is 10.9 Å². The fourth-order valence-electron chi connectivity index (χ4n) is 7.53. The van der Waals surface area contributed by atoms with Crippen LogP contribution in [0.15, 0.2) is 55.5 Å². The lowest BCUT2D eigenvalue weighted by Crippen LogP contribution is -2.60. The van der Waals surface area contributed by atoms with Gasteiger partial charge in [0.1, 0.15) is 48.3 Å². The smallest absolute Gasteiger partial charge is 0.243 e. The molecule has 23 nitrogen and oxygen atoms in total. The number of aromatic amines is 3. The van der Waals surface area contributed by atoms with Crippen LogP contribution in [-0.2, 0) is 62.4 Å². The summed E-state index contributed by atoms with van der Waals surface area (Å²) in [6, 6.07) is -1.95. The van der Waals surface area contributed by atoms with Crippen molar-refractivity contribution in [3.8, 4) is 0 Å². The third-order valence-corrected chi connectivity index (χ3v) is 12.0. The number of amides is 9. The molecule has 24 heteroatoms. The molecule has 4 rings (SSSR count). The first-order valence-corrected chi connectivity index (χ1v) is 24.7. The summed E-state index contributed by atoms with van der Waals surface area (Å²) >= 11 is 1.48. The molecule has 8 atom stereocenters. The van der Waals surface area contributed by atoms with Crippen LogP contribution >= 0.6 is 11.8 Å². The molecule has 71 heavy (non-hydrogen) atoms. The molecule has 0 fully saturated rings. The number of primary amides is 1. The van der Waals surface area contributed by atoms with Crippen molar-refractivity contribution in [3.63, 3.8) is 0 Å². The summed E-state index contributed by atoms with van der Waals surface area (Å²) in [6.45, 7) is 11.1. The molecular weight excluding hydrogens is 937 g/mol. The molecule has 9 amide bonds. The predicted octanol–water partition coefficient (Wildman–Crippen LogP) is -0.479. The molecule has 0 aliphatic heterocycles.